The van der Waals surface area contributed by atoms with E-state index in [4.69, 9.17) is 14.6 Å². The molecule has 0 spiro atoms. The van der Waals surface area contributed by atoms with Crippen LogP contribution in [0.5, 0.6) is 0 Å². The maximum atomic E-state index is 12.3. The fourth-order valence-corrected chi connectivity index (χ4v) is 4.35. The molecule has 4 atom stereocenters. The number of carbonyl (C=O) groups is 3. The molecule has 2 aromatic carbocycles. The first-order chi connectivity index (χ1) is 14.9. The molecule has 0 aliphatic carbocycles. The highest BCUT2D eigenvalue weighted by Crippen LogP contribution is 2.40. The summed E-state index contributed by atoms with van der Waals surface area (Å²) < 4.78 is 10.6. The topological polar surface area (TPSA) is 93.1 Å². The highest BCUT2D eigenvalue weighted by Gasteiger charge is 2.50. The number of hydrogen-bond donors (Lipinski definition) is 1. The van der Waals surface area contributed by atoms with Crippen LogP contribution in [0.2, 0.25) is 0 Å². The summed E-state index contributed by atoms with van der Waals surface area (Å²) >= 11 is 0. The predicted molar refractivity (Wildman–Crippen MR) is 114 cm³/mol. The standard InChI is InChI=1S/C17H21NO4.C7H6O2/c1-18-12-8-9-13(18)15(17(20)21-2)14(10-12)22-16(19)11-6-4-3-5-7-11;8-7(9)6-4-2-1-3-5-6/h3-7,12-15H,8-10H2,1-2H3;1-5H,(H,8,9)/t12?,13?,14-,15+;/m0./s1. The molecule has 2 aromatic rings. The summed E-state index contributed by atoms with van der Waals surface area (Å²) in [5, 5.41) is 8.38. The maximum Gasteiger partial charge on any atom is 0.338 e. The molecule has 0 amide bonds. The van der Waals surface area contributed by atoms with Crippen molar-refractivity contribution in [2.75, 3.05) is 14.2 Å². The molecule has 7 nitrogen and oxygen atoms in total. The summed E-state index contributed by atoms with van der Waals surface area (Å²) in [6.07, 6.45) is 2.26. The first-order valence-corrected chi connectivity index (χ1v) is 10.3. The van der Waals surface area contributed by atoms with Crippen LogP contribution in [0.3, 0.4) is 0 Å². The Balaban J connectivity index is 0.000000254. The smallest absolute Gasteiger partial charge is 0.338 e. The molecule has 2 aliphatic rings. The van der Waals surface area contributed by atoms with E-state index in [1.54, 1.807) is 54.6 Å². The molecule has 2 saturated heterocycles. The van der Waals surface area contributed by atoms with Gasteiger partial charge in [0, 0.05) is 18.5 Å². The Bertz CT molecular complexity index is 901. The molecule has 0 radical (unpaired) electrons. The molecular weight excluding hydrogens is 398 g/mol. The number of carbonyl (C=O) groups excluding carboxylic acids is 2. The van der Waals surface area contributed by atoms with Crippen LogP contribution in [-0.2, 0) is 14.3 Å². The van der Waals surface area contributed by atoms with Crippen LogP contribution in [0.25, 0.3) is 0 Å². The van der Waals surface area contributed by atoms with Gasteiger partial charge in [-0.1, -0.05) is 36.4 Å². The number of piperidine rings is 1. The predicted octanol–water partition coefficient (Wildman–Crippen LogP) is 3.25. The lowest BCUT2D eigenvalue weighted by atomic mass is 9.87. The largest absolute Gasteiger partial charge is 0.478 e. The van der Waals surface area contributed by atoms with Gasteiger partial charge in [0.15, 0.2) is 0 Å². The van der Waals surface area contributed by atoms with Gasteiger partial charge < -0.3 is 14.6 Å². The van der Waals surface area contributed by atoms with Crippen LogP contribution in [0.4, 0.5) is 0 Å². The van der Waals surface area contributed by atoms with Crippen molar-refractivity contribution in [2.24, 2.45) is 5.92 Å². The number of esters is 2. The van der Waals surface area contributed by atoms with E-state index in [2.05, 4.69) is 4.90 Å². The molecule has 7 heteroatoms. The van der Waals surface area contributed by atoms with Gasteiger partial charge in [-0.3, -0.25) is 9.69 Å². The van der Waals surface area contributed by atoms with Crippen molar-refractivity contribution in [3.05, 3.63) is 71.8 Å². The monoisotopic (exact) mass is 425 g/mol. The lowest BCUT2D eigenvalue weighted by molar-refractivity contribution is -0.156. The summed E-state index contributed by atoms with van der Waals surface area (Å²) in [6, 6.07) is 17.7. The Morgan fingerprint density at radius 1 is 0.935 bits per heavy atom. The number of rotatable bonds is 4. The Kier molecular flexibility index (Phi) is 7.41. The highest BCUT2D eigenvalue weighted by molar-refractivity contribution is 5.89. The maximum absolute atomic E-state index is 12.3. The SMILES string of the molecule is COC(=O)[C@@H]1C2CCC(C[C@@H]1OC(=O)c1ccccc1)N2C.O=C(O)c1ccccc1. The third-order valence-electron chi connectivity index (χ3n) is 5.98. The van der Waals surface area contributed by atoms with Crippen LogP contribution in [0.1, 0.15) is 40.0 Å². The van der Waals surface area contributed by atoms with Crippen molar-refractivity contribution in [3.63, 3.8) is 0 Å². The summed E-state index contributed by atoms with van der Waals surface area (Å²) in [7, 11) is 3.42. The third-order valence-corrected chi connectivity index (χ3v) is 5.98. The zero-order valence-corrected chi connectivity index (χ0v) is 17.6. The number of methoxy groups -OCH3 is 1. The molecule has 164 valence electrons. The minimum absolute atomic E-state index is 0.0970. The van der Waals surface area contributed by atoms with Gasteiger partial charge in [0.25, 0.3) is 0 Å². The molecule has 2 heterocycles. The molecule has 31 heavy (non-hydrogen) atoms. The van der Waals surface area contributed by atoms with Gasteiger partial charge in [0.2, 0.25) is 0 Å². The minimum Gasteiger partial charge on any atom is -0.478 e. The summed E-state index contributed by atoms with van der Waals surface area (Å²) in [5.41, 5.74) is 0.842. The van der Waals surface area contributed by atoms with Crippen molar-refractivity contribution >= 4 is 17.9 Å². The number of carboxylic acid groups (broad SMARTS) is 1. The Morgan fingerprint density at radius 2 is 1.52 bits per heavy atom. The van der Waals surface area contributed by atoms with E-state index in [0.29, 0.717) is 23.6 Å². The average Bonchev–Trinajstić information content (AvgIpc) is 3.03. The minimum atomic E-state index is -0.879. The van der Waals surface area contributed by atoms with Crippen molar-refractivity contribution in [1.82, 2.24) is 4.90 Å². The summed E-state index contributed by atoms with van der Waals surface area (Å²) in [5.74, 6) is -1.94. The second kappa shape index (κ2) is 10.2. The molecule has 0 aromatic heterocycles. The Hall–Kier alpha value is -3.19. The van der Waals surface area contributed by atoms with Crippen LogP contribution >= 0.6 is 0 Å². The van der Waals surface area contributed by atoms with Crippen LogP contribution < -0.4 is 0 Å². The number of nitrogens with zero attached hydrogens (tertiary/aromatic N) is 1. The molecule has 4 rings (SSSR count). The van der Waals surface area contributed by atoms with Crippen molar-refractivity contribution in [3.8, 4) is 0 Å². The average molecular weight is 425 g/mol. The first-order valence-electron chi connectivity index (χ1n) is 10.3. The summed E-state index contributed by atoms with van der Waals surface area (Å²) in [4.78, 5) is 36.9. The number of fused-ring (bicyclic) bond motifs is 2. The second-order valence-electron chi connectivity index (χ2n) is 7.73. The van der Waals surface area contributed by atoms with E-state index in [9.17, 15) is 14.4 Å². The quantitative estimate of drug-likeness (QED) is 0.752. The van der Waals surface area contributed by atoms with Gasteiger partial charge in [-0.2, -0.15) is 0 Å². The van der Waals surface area contributed by atoms with Crippen molar-refractivity contribution < 1.29 is 29.0 Å². The molecule has 2 aliphatic heterocycles. The number of benzene rings is 2. The zero-order chi connectivity index (χ0) is 22.4. The number of ether oxygens (including phenoxy) is 2. The third kappa shape index (κ3) is 5.30. The van der Waals surface area contributed by atoms with Gasteiger partial charge >= 0.3 is 17.9 Å². The van der Waals surface area contributed by atoms with Crippen LogP contribution in [-0.4, -0.2) is 60.3 Å². The highest BCUT2D eigenvalue weighted by atomic mass is 16.6. The van der Waals surface area contributed by atoms with Gasteiger partial charge in [-0.05, 0) is 44.2 Å². The Morgan fingerprint density at radius 3 is 2.03 bits per heavy atom. The van der Waals surface area contributed by atoms with E-state index >= 15 is 0 Å². The van der Waals surface area contributed by atoms with Gasteiger partial charge in [-0.25, -0.2) is 9.59 Å². The zero-order valence-electron chi connectivity index (χ0n) is 17.6. The lowest BCUT2D eigenvalue weighted by Gasteiger charge is -2.40. The molecule has 2 bridgehead atoms. The van der Waals surface area contributed by atoms with Crippen molar-refractivity contribution in [1.29, 1.82) is 0 Å². The fraction of sp³-hybridized carbons (Fsp3) is 0.375. The van der Waals surface area contributed by atoms with E-state index in [1.165, 1.54) is 7.11 Å². The molecule has 2 unspecified atom stereocenters. The molecular formula is C24H27NO6. The van der Waals surface area contributed by atoms with Crippen LogP contribution in [0, 0.1) is 5.92 Å². The second-order valence-corrected chi connectivity index (χ2v) is 7.73. The van der Waals surface area contributed by atoms with Gasteiger partial charge in [0.1, 0.15) is 12.0 Å². The fourth-order valence-electron chi connectivity index (χ4n) is 4.35. The number of hydrogen-bond acceptors (Lipinski definition) is 6. The first kappa shape index (κ1) is 22.5. The molecule has 1 N–H and O–H groups in total. The number of carboxylic acids is 1. The molecule has 2 fully saturated rings. The summed E-state index contributed by atoms with van der Waals surface area (Å²) in [6.45, 7) is 0. The van der Waals surface area contributed by atoms with E-state index < -0.39 is 18.0 Å². The normalized spacial score (nSPS) is 24.5. The Labute approximate surface area is 181 Å². The van der Waals surface area contributed by atoms with Gasteiger partial charge in [0.05, 0.1) is 18.2 Å². The van der Waals surface area contributed by atoms with E-state index in [0.717, 1.165) is 12.8 Å². The molecule has 0 saturated carbocycles. The lowest BCUT2D eigenvalue weighted by Crippen LogP contribution is -2.53. The number of aromatic carboxylic acids is 1. The van der Waals surface area contributed by atoms with Crippen molar-refractivity contribution in [2.45, 2.75) is 37.5 Å². The van der Waals surface area contributed by atoms with E-state index in [-0.39, 0.29) is 18.0 Å². The van der Waals surface area contributed by atoms with Gasteiger partial charge in [-0.15, -0.1) is 0 Å². The van der Waals surface area contributed by atoms with Crippen LogP contribution in [0.15, 0.2) is 60.7 Å². The van der Waals surface area contributed by atoms with E-state index in [1.807, 2.05) is 13.1 Å².